The maximum atomic E-state index is 13.8. The highest BCUT2D eigenvalue weighted by molar-refractivity contribution is 9.10. The Balaban J connectivity index is 1.57. The minimum atomic E-state index is -0.620. The Morgan fingerprint density at radius 3 is 2.37 bits per heavy atom. The molecule has 0 aromatic heterocycles. The van der Waals surface area contributed by atoms with E-state index in [0.717, 1.165) is 39.8 Å². The number of hydrogen-bond donors (Lipinski definition) is 1. The number of hydrogen-bond acceptors (Lipinski definition) is 4. The van der Waals surface area contributed by atoms with Gasteiger partial charge in [0.1, 0.15) is 19.3 Å². The van der Waals surface area contributed by atoms with Crippen molar-refractivity contribution in [2.75, 3.05) is 19.8 Å². The maximum Gasteiger partial charge on any atom is 0.243 e. The van der Waals surface area contributed by atoms with Gasteiger partial charge in [-0.05, 0) is 53.8 Å². The van der Waals surface area contributed by atoms with Crippen molar-refractivity contribution in [1.82, 2.24) is 10.2 Å². The largest absolute Gasteiger partial charge is 0.486 e. The van der Waals surface area contributed by atoms with Crippen molar-refractivity contribution < 1.29 is 19.1 Å². The van der Waals surface area contributed by atoms with E-state index in [1.807, 2.05) is 72.8 Å². The van der Waals surface area contributed by atoms with Gasteiger partial charge in [-0.1, -0.05) is 77.8 Å². The first-order chi connectivity index (χ1) is 18.5. The predicted molar refractivity (Wildman–Crippen MR) is 152 cm³/mol. The molecule has 0 saturated heterocycles. The van der Waals surface area contributed by atoms with Crippen LogP contribution in [0.25, 0.3) is 0 Å². The summed E-state index contributed by atoms with van der Waals surface area (Å²) in [5, 5.41) is 3.07. The Morgan fingerprint density at radius 2 is 1.63 bits per heavy atom. The van der Waals surface area contributed by atoms with Crippen molar-refractivity contribution in [1.29, 1.82) is 0 Å². The number of carbonyl (C=O) groups excluding carboxylic acids is 2. The number of nitrogens with one attached hydrogen (secondary N) is 1. The molecule has 0 aliphatic carbocycles. The van der Waals surface area contributed by atoms with Gasteiger partial charge in [-0.2, -0.15) is 0 Å². The van der Waals surface area contributed by atoms with Crippen LogP contribution in [0.4, 0.5) is 0 Å². The normalized spacial score (nSPS) is 13.0. The molecule has 1 atom stereocenters. The van der Waals surface area contributed by atoms with Crippen molar-refractivity contribution in [3.63, 3.8) is 0 Å². The van der Waals surface area contributed by atoms with Crippen LogP contribution < -0.4 is 14.8 Å². The van der Waals surface area contributed by atoms with Gasteiger partial charge in [-0.3, -0.25) is 9.59 Å². The zero-order valence-corrected chi connectivity index (χ0v) is 23.4. The maximum absolute atomic E-state index is 13.8. The molecule has 0 spiro atoms. The van der Waals surface area contributed by atoms with Crippen LogP contribution in [-0.4, -0.2) is 42.5 Å². The molecule has 0 fully saturated rings. The fourth-order valence-electron chi connectivity index (χ4n) is 4.48. The second kappa shape index (κ2) is 14.0. The summed E-state index contributed by atoms with van der Waals surface area (Å²) in [4.78, 5) is 29.1. The van der Waals surface area contributed by atoms with Gasteiger partial charge in [0.05, 0.1) is 0 Å². The standard InChI is InChI=1S/C31H35BrN2O4/c1-2-3-17-33-31(36)27(20-23-7-5-4-6-8-23)34(22-25-9-13-26(32)14-10-25)30(35)16-12-24-11-15-28-29(21-24)38-19-18-37-28/h4-11,13-15,21,27H,2-3,12,16-20,22H2,1H3,(H,33,36). The van der Waals surface area contributed by atoms with Crippen LogP contribution in [-0.2, 0) is 29.0 Å². The molecule has 4 rings (SSSR count). The number of carbonyl (C=O) groups is 2. The number of rotatable bonds is 12. The third-order valence-electron chi connectivity index (χ3n) is 6.60. The van der Waals surface area contributed by atoms with Crippen molar-refractivity contribution in [2.45, 2.75) is 51.6 Å². The number of fused-ring (bicyclic) bond motifs is 1. The van der Waals surface area contributed by atoms with Gasteiger partial charge in [-0.25, -0.2) is 0 Å². The molecule has 3 aromatic carbocycles. The van der Waals surface area contributed by atoms with E-state index in [9.17, 15) is 9.59 Å². The highest BCUT2D eigenvalue weighted by Gasteiger charge is 2.30. The highest BCUT2D eigenvalue weighted by Crippen LogP contribution is 2.31. The number of amides is 2. The lowest BCUT2D eigenvalue weighted by atomic mass is 10.0. The molecule has 0 saturated carbocycles. The second-order valence-corrected chi connectivity index (χ2v) is 10.4. The Labute approximate surface area is 233 Å². The lowest BCUT2D eigenvalue weighted by Gasteiger charge is -2.32. The van der Waals surface area contributed by atoms with Gasteiger partial charge in [0.2, 0.25) is 11.8 Å². The van der Waals surface area contributed by atoms with Crippen molar-refractivity contribution in [2.24, 2.45) is 0 Å². The van der Waals surface area contributed by atoms with E-state index < -0.39 is 6.04 Å². The van der Waals surface area contributed by atoms with E-state index >= 15 is 0 Å². The van der Waals surface area contributed by atoms with E-state index in [-0.39, 0.29) is 18.2 Å². The SMILES string of the molecule is CCCCNC(=O)C(Cc1ccccc1)N(Cc1ccc(Br)cc1)C(=O)CCc1ccc2c(c1)OCCO2. The van der Waals surface area contributed by atoms with Gasteiger partial charge >= 0.3 is 0 Å². The molecule has 200 valence electrons. The van der Waals surface area contributed by atoms with Gasteiger partial charge < -0.3 is 19.7 Å². The zero-order valence-electron chi connectivity index (χ0n) is 21.8. The van der Waals surface area contributed by atoms with Crippen LogP contribution in [0.1, 0.15) is 42.9 Å². The molecular formula is C31H35BrN2O4. The first-order valence-corrected chi connectivity index (χ1v) is 14.1. The van der Waals surface area contributed by atoms with Crippen LogP contribution in [0.15, 0.2) is 77.3 Å². The number of ether oxygens (including phenoxy) is 2. The van der Waals surface area contributed by atoms with Crippen molar-refractivity contribution >= 4 is 27.7 Å². The molecule has 38 heavy (non-hydrogen) atoms. The van der Waals surface area contributed by atoms with Crippen molar-refractivity contribution in [3.05, 3.63) is 94.0 Å². The highest BCUT2D eigenvalue weighted by atomic mass is 79.9. The number of benzene rings is 3. The molecule has 0 bridgehead atoms. The van der Waals surface area contributed by atoms with Crippen LogP contribution in [0.3, 0.4) is 0 Å². The molecule has 2 amide bonds. The lowest BCUT2D eigenvalue weighted by Crippen LogP contribution is -2.50. The summed E-state index contributed by atoms with van der Waals surface area (Å²) in [5.41, 5.74) is 2.99. The van der Waals surface area contributed by atoms with Crippen LogP contribution in [0.5, 0.6) is 11.5 Å². The molecular weight excluding hydrogens is 544 g/mol. The summed E-state index contributed by atoms with van der Waals surface area (Å²) >= 11 is 3.49. The number of halogens is 1. The quantitative estimate of drug-likeness (QED) is 0.279. The van der Waals surface area contributed by atoms with E-state index in [1.165, 1.54) is 0 Å². The number of aryl methyl sites for hydroxylation is 1. The predicted octanol–water partition coefficient (Wildman–Crippen LogP) is 5.71. The number of nitrogens with zero attached hydrogens (tertiary/aromatic N) is 1. The molecule has 1 unspecified atom stereocenters. The summed E-state index contributed by atoms with van der Waals surface area (Å²) in [6.07, 6.45) is 3.16. The molecule has 3 aromatic rings. The average molecular weight is 580 g/mol. The fourth-order valence-corrected chi connectivity index (χ4v) is 4.75. The van der Waals surface area contributed by atoms with Crippen molar-refractivity contribution in [3.8, 4) is 11.5 Å². The lowest BCUT2D eigenvalue weighted by molar-refractivity contribution is -0.141. The smallest absolute Gasteiger partial charge is 0.243 e. The number of unbranched alkanes of at least 4 members (excludes halogenated alkanes) is 1. The topological polar surface area (TPSA) is 67.9 Å². The van der Waals surface area contributed by atoms with E-state index in [0.29, 0.717) is 44.9 Å². The molecule has 1 heterocycles. The first kappa shape index (κ1) is 27.7. The summed E-state index contributed by atoms with van der Waals surface area (Å²) in [7, 11) is 0. The molecule has 1 aliphatic rings. The summed E-state index contributed by atoms with van der Waals surface area (Å²) in [5.74, 6) is 1.27. The van der Waals surface area contributed by atoms with Crippen LogP contribution in [0, 0.1) is 0 Å². The fraction of sp³-hybridized carbons (Fsp3) is 0.355. The van der Waals surface area contributed by atoms with Gasteiger partial charge in [0.25, 0.3) is 0 Å². The third-order valence-corrected chi connectivity index (χ3v) is 7.13. The van der Waals surface area contributed by atoms with Gasteiger partial charge in [0.15, 0.2) is 11.5 Å². The monoisotopic (exact) mass is 578 g/mol. The minimum Gasteiger partial charge on any atom is -0.486 e. The zero-order chi connectivity index (χ0) is 26.7. The first-order valence-electron chi connectivity index (χ1n) is 13.3. The molecule has 6 nitrogen and oxygen atoms in total. The van der Waals surface area contributed by atoms with Crippen LogP contribution >= 0.6 is 15.9 Å². The summed E-state index contributed by atoms with van der Waals surface area (Å²) in [6, 6.07) is 23.0. The third kappa shape index (κ3) is 7.84. The minimum absolute atomic E-state index is 0.0608. The van der Waals surface area contributed by atoms with E-state index in [4.69, 9.17) is 9.47 Å². The second-order valence-electron chi connectivity index (χ2n) is 9.48. The van der Waals surface area contributed by atoms with Gasteiger partial charge in [0, 0.05) is 30.4 Å². The Bertz CT molecular complexity index is 1200. The molecule has 0 radical (unpaired) electrons. The Kier molecular flexibility index (Phi) is 10.2. The van der Waals surface area contributed by atoms with Gasteiger partial charge in [-0.15, -0.1) is 0 Å². The summed E-state index contributed by atoms with van der Waals surface area (Å²) in [6.45, 7) is 4.10. The average Bonchev–Trinajstić information content (AvgIpc) is 2.95. The van der Waals surface area contributed by atoms with E-state index in [2.05, 4.69) is 28.2 Å². The Morgan fingerprint density at radius 1 is 0.921 bits per heavy atom. The van der Waals surface area contributed by atoms with Crippen LogP contribution in [0.2, 0.25) is 0 Å². The molecule has 7 heteroatoms. The van der Waals surface area contributed by atoms with E-state index in [1.54, 1.807) is 4.90 Å². The molecule has 1 aliphatic heterocycles. The molecule has 1 N–H and O–H groups in total. The Hall–Kier alpha value is -3.32. The summed E-state index contributed by atoms with van der Waals surface area (Å²) < 4.78 is 12.3.